The number of fused-ring (bicyclic) bond motifs is 3. The van der Waals surface area contributed by atoms with E-state index in [0.29, 0.717) is 5.75 Å². The first-order valence-corrected chi connectivity index (χ1v) is 15.2. The summed E-state index contributed by atoms with van der Waals surface area (Å²) in [7, 11) is 1.22. The summed E-state index contributed by atoms with van der Waals surface area (Å²) in [5.74, 6) is -2.16. The van der Waals surface area contributed by atoms with Crippen LogP contribution in [0.15, 0.2) is 48.5 Å². The largest absolute Gasteiger partial charge is 0.467 e. The molecule has 1 aliphatic carbocycles. The summed E-state index contributed by atoms with van der Waals surface area (Å²) in [6, 6.07) is 14.9. The number of hydrogen-bond donors (Lipinski definition) is 1. The molecule has 236 valence electrons. The van der Waals surface area contributed by atoms with Gasteiger partial charge in [-0.15, -0.1) is 0 Å². The number of benzene rings is 2. The van der Waals surface area contributed by atoms with E-state index in [1.165, 1.54) is 39.6 Å². The van der Waals surface area contributed by atoms with Crippen LogP contribution in [0.25, 0.3) is 11.1 Å². The highest BCUT2D eigenvalue weighted by atomic mass is 32.2. The second-order valence-electron chi connectivity index (χ2n) is 10.2. The first-order chi connectivity index (χ1) is 21.1. The molecule has 4 rings (SSSR count). The van der Waals surface area contributed by atoms with Crippen LogP contribution in [0.3, 0.4) is 0 Å². The van der Waals surface area contributed by atoms with Gasteiger partial charge in [0, 0.05) is 32.4 Å². The fraction of sp³-hybridized carbons (Fsp3) is 0.452. The SMILES string of the molecule is COC(=O)C(CCSC[C@H]1O[C@@H](OC(C)=O)[C@H](OC(C)=O)[C@@H]1OC(C)=O)NC(=O)OCC1c2ccccc2-c2ccccc21. The summed E-state index contributed by atoms with van der Waals surface area (Å²) in [6.45, 7) is 3.64. The van der Waals surface area contributed by atoms with Crippen LogP contribution < -0.4 is 5.32 Å². The van der Waals surface area contributed by atoms with E-state index < -0.39 is 60.6 Å². The molecule has 13 heteroatoms. The zero-order valence-electron chi connectivity index (χ0n) is 24.8. The van der Waals surface area contributed by atoms with Gasteiger partial charge in [0.25, 0.3) is 0 Å². The molecule has 1 fully saturated rings. The average Bonchev–Trinajstić information content (AvgIpc) is 3.46. The second-order valence-corrected chi connectivity index (χ2v) is 11.4. The zero-order chi connectivity index (χ0) is 31.8. The number of thioether (sulfide) groups is 1. The summed E-state index contributed by atoms with van der Waals surface area (Å²) in [6.07, 6.45) is -4.79. The van der Waals surface area contributed by atoms with Gasteiger partial charge >= 0.3 is 30.0 Å². The molecule has 1 heterocycles. The second kappa shape index (κ2) is 15.1. The average molecular weight is 630 g/mol. The van der Waals surface area contributed by atoms with Gasteiger partial charge in [0.1, 0.15) is 18.8 Å². The Morgan fingerprint density at radius 3 is 1.98 bits per heavy atom. The van der Waals surface area contributed by atoms with E-state index in [0.717, 1.165) is 22.3 Å². The molecule has 0 spiro atoms. The van der Waals surface area contributed by atoms with Crippen LogP contribution in [0.4, 0.5) is 4.79 Å². The Hall–Kier alpha value is -4.10. The summed E-state index contributed by atoms with van der Waals surface area (Å²) < 4.78 is 32.0. The van der Waals surface area contributed by atoms with Crippen molar-refractivity contribution in [3.63, 3.8) is 0 Å². The highest BCUT2D eigenvalue weighted by molar-refractivity contribution is 7.99. The van der Waals surface area contributed by atoms with Gasteiger partial charge in [-0.25, -0.2) is 9.59 Å². The van der Waals surface area contributed by atoms with E-state index in [1.54, 1.807) is 0 Å². The van der Waals surface area contributed by atoms with Gasteiger partial charge in [-0.2, -0.15) is 11.8 Å². The molecule has 0 radical (unpaired) electrons. The molecule has 2 aromatic carbocycles. The molecule has 2 aliphatic rings. The molecule has 44 heavy (non-hydrogen) atoms. The minimum atomic E-state index is -1.26. The predicted octanol–water partition coefficient (Wildman–Crippen LogP) is 3.34. The number of rotatable bonds is 12. The molecule has 0 bridgehead atoms. The number of amides is 1. The first-order valence-electron chi connectivity index (χ1n) is 14.0. The quantitative estimate of drug-likeness (QED) is 0.208. The predicted molar refractivity (Wildman–Crippen MR) is 157 cm³/mol. The lowest BCUT2D eigenvalue weighted by Gasteiger charge is -2.23. The maximum atomic E-state index is 12.8. The van der Waals surface area contributed by atoms with Crippen LogP contribution in [0.1, 0.15) is 44.2 Å². The van der Waals surface area contributed by atoms with Crippen molar-refractivity contribution in [1.82, 2.24) is 5.32 Å². The Balaban J connectivity index is 1.32. The monoisotopic (exact) mass is 629 g/mol. The molecule has 1 N–H and O–H groups in total. The molecular weight excluding hydrogens is 594 g/mol. The van der Waals surface area contributed by atoms with Crippen molar-refractivity contribution in [1.29, 1.82) is 0 Å². The van der Waals surface area contributed by atoms with Gasteiger partial charge in [-0.1, -0.05) is 48.5 Å². The maximum absolute atomic E-state index is 12.8. The molecule has 2 aromatic rings. The van der Waals surface area contributed by atoms with Gasteiger partial charge in [-0.05, 0) is 34.4 Å². The van der Waals surface area contributed by atoms with E-state index in [4.69, 9.17) is 28.4 Å². The van der Waals surface area contributed by atoms with E-state index >= 15 is 0 Å². The number of nitrogens with one attached hydrogen (secondary N) is 1. The van der Waals surface area contributed by atoms with Crippen LogP contribution in [-0.4, -0.2) is 85.8 Å². The molecular formula is C31H35NO11S. The van der Waals surface area contributed by atoms with Crippen LogP contribution in [0.2, 0.25) is 0 Å². The Bertz CT molecular complexity index is 1340. The zero-order valence-corrected chi connectivity index (χ0v) is 25.6. The van der Waals surface area contributed by atoms with Gasteiger partial charge < -0.3 is 33.7 Å². The molecule has 0 aromatic heterocycles. The molecule has 1 amide bonds. The third kappa shape index (κ3) is 8.08. The fourth-order valence-corrected chi connectivity index (χ4v) is 6.38. The van der Waals surface area contributed by atoms with E-state index in [2.05, 4.69) is 5.32 Å². The van der Waals surface area contributed by atoms with Gasteiger partial charge in [0.2, 0.25) is 12.4 Å². The summed E-state index contributed by atoms with van der Waals surface area (Å²) in [5.41, 5.74) is 4.33. The Labute approximate surface area is 259 Å². The van der Waals surface area contributed by atoms with Gasteiger partial charge in [-0.3, -0.25) is 14.4 Å². The number of esters is 4. The van der Waals surface area contributed by atoms with Crippen molar-refractivity contribution in [3.05, 3.63) is 59.7 Å². The van der Waals surface area contributed by atoms with E-state index in [1.807, 2.05) is 48.5 Å². The highest BCUT2D eigenvalue weighted by Crippen LogP contribution is 2.44. The lowest BCUT2D eigenvalue weighted by atomic mass is 9.98. The normalized spacial score (nSPS) is 20.9. The minimum absolute atomic E-state index is 0.0893. The molecule has 5 atom stereocenters. The third-order valence-electron chi connectivity index (χ3n) is 7.11. The first kappa shape index (κ1) is 32.8. The number of carbonyl (C=O) groups is 5. The Morgan fingerprint density at radius 2 is 1.41 bits per heavy atom. The van der Waals surface area contributed by atoms with Crippen LogP contribution in [-0.2, 0) is 47.6 Å². The standard InChI is InChI=1S/C31H35NO11S/c1-17(33)40-27-26(43-30(42-19(3)35)28(27)41-18(2)34)16-44-14-13-25(29(36)38-4)32-31(37)39-15-24-22-11-7-5-9-20(22)21-10-6-8-12-23(21)24/h5-12,24-28,30H,13-16H2,1-4H3,(H,32,37)/t25?,26-,27-,28-,30-/m1/s1. The van der Waals surface area contributed by atoms with Crippen molar-refractivity contribution < 1.29 is 52.4 Å². The highest BCUT2D eigenvalue weighted by Gasteiger charge is 2.50. The van der Waals surface area contributed by atoms with Crippen molar-refractivity contribution in [2.75, 3.05) is 25.2 Å². The summed E-state index contributed by atoms with van der Waals surface area (Å²) in [4.78, 5) is 60.2. The van der Waals surface area contributed by atoms with Gasteiger partial charge in [0.05, 0.1) is 7.11 Å². The van der Waals surface area contributed by atoms with Crippen LogP contribution in [0, 0.1) is 0 Å². The Kier molecular flexibility index (Phi) is 11.2. The van der Waals surface area contributed by atoms with Crippen LogP contribution >= 0.6 is 11.8 Å². The van der Waals surface area contributed by atoms with Crippen molar-refractivity contribution in [2.24, 2.45) is 0 Å². The molecule has 1 saturated heterocycles. The molecule has 1 unspecified atom stereocenters. The molecule has 12 nitrogen and oxygen atoms in total. The lowest BCUT2D eigenvalue weighted by molar-refractivity contribution is -0.194. The van der Waals surface area contributed by atoms with E-state index in [-0.39, 0.29) is 24.7 Å². The van der Waals surface area contributed by atoms with Crippen molar-refractivity contribution >= 4 is 41.7 Å². The van der Waals surface area contributed by atoms with Gasteiger partial charge in [0.15, 0.2) is 6.10 Å². The number of alkyl carbamates (subject to hydrolysis) is 1. The number of carbonyl (C=O) groups excluding carboxylic acids is 5. The maximum Gasteiger partial charge on any atom is 0.407 e. The molecule has 0 saturated carbocycles. The fourth-order valence-electron chi connectivity index (χ4n) is 5.31. The topological polar surface area (TPSA) is 153 Å². The number of ether oxygens (including phenoxy) is 6. The smallest absolute Gasteiger partial charge is 0.407 e. The van der Waals surface area contributed by atoms with Crippen molar-refractivity contribution in [2.45, 2.75) is 63.8 Å². The van der Waals surface area contributed by atoms with Crippen LogP contribution in [0.5, 0.6) is 0 Å². The van der Waals surface area contributed by atoms with Crippen molar-refractivity contribution in [3.8, 4) is 11.1 Å². The van der Waals surface area contributed by atoms with E-state index in [9.17, 15) is 24.0 Å². The minimum Gasteiger partial charge on any atom is -0.467 e. The summed E-state index contributed by atoms with van der Waals surface area (Å²) >= 11 is 1.33. The number of hydrogen-bond acceptors (Lipinski definition) is 12. The Morgan fingerprint density at radius 1 is 0.841 bits per heavy atom. The summed E-state index contributed by atoms with van der Waals surface area (Å²) in [5, 5.41) is 2.60. The number of methoxy groups -OCH3 is 1. The molecule has 1 aliphatic heterocycles. The third-order valence-corrected chi connectivity index (χ3v) is 8.20. The lowest BCUT2D eigenvalue weighted by Crippen LogP contribution is -2.42.